The van der Waals surface area contributed by atoms with Crippen LogP contribution in [0.25, 0.3) is 10.6 Å². The highest BCUT2D eigenvalue weighted by Crippen LogP contribution is 2.26. The number of carbonyl (C=O) groups is 1. The molecule has 3 aromatic rings. The number of aromatic nitrogens is 2. The summed E-state index contributed by atoms with van der Waals surface area (Å²) in [5.74, 6) is 1.00. The lowest BCUT2D eigenvalue weighted by Gasteiger charge is -2.31. The van der Waals surface area contributed by atoms with Crippen molar-refractivity contribution in [3.05, 3.63) is 58.4 Å². The zero-order valence-corrected chi connectivity index (χ0v) is 17.0. The molecular formula is C20H19BrN4OS. The van der Waals surface area contributed by atoms with Gasteiger partial charge in [-0.25, -0.2) is 0 Å². The summed E-state index contributed by atoms with van der Waals surface area (Å²) >= 11 is 5.06. The molecule has 1 aromatic carbocycles. The van der Waals surface area contributed by atoms with Gasteiger partial charge in [-0.05, 0) is 60.7 Å². The molecule has 1 saturated heterocycles. The van der Waals surface area contributed by atoms with Crippen LogP contribution in [0.2, 0.25) is 0 Å². The van der Waals surface area contributed by atoms with Gasteiger partial charge in [-0.1, -0.05) is 22.0 Å². The molecule has 5 nitrogen and oxygen atoms in total. The van der Waals surface area contributed by atoms with Crippen molar-refractivity contribution >= 4 is 44.7 Å². The highest BCUT2D eigenvalue weighted by Gasteiger charge is 2.26. The fraction of sp³-hybridized carbons (Fsp3) is 0.250. The third-order valence-corrected chi connectivity index (χ3v) is 6.15. The van der Waals surface area contributed by atoms with Gasteiger partial charge < -0.3 is 10.2 Å². The Morgan fingerprint density at radius 1 is 1.07 bits per heavy atom. The van der Waals surface area contributed by atoms with Crippen LogP contribution in [0.4, 0.5) is 11.5 Å². The third kappa shape index (κ3) is 4.36. The van der Waals surface area contributed by atoms with Crippen LogP contribution < -0.4 is 10.2 Å². The van der Waals surface area contributed by atoms with Crippen LogP contribution >= 0.6 is 27.3 Å². The van der Waals surface area contributed by atoms with Crippen molar-refractivity contribution in [2.24, 2.45) is 5.92 Å². The van der Waals surface area contributed by atoms with Crippen molar-refractivity contribution in [1.82, 2.24) is 10.2 Å². The lowest BCUT2D eigenvalue weighted by atomic mass is 9.96. The smallest absolute Gasteiger partial charge is 0.227 e. The second kappa shape index (κ2) is 8.19. The second-order valence-corrected chi connectivity index (χ2v) is 8.37. The van der Waals surface area contributed by atoms with Crippen LogP contribution in [0.5, 0.6) is 0 Å². The van der Waals surface area contributed by atoms with E-state index < -0.39 is 0 Å². The van der Waals surface area contributed by atoms with Gasteiger partial charge in [-0.15, -0.1) is 21.5 Å². The molecule has 3 heterocycles. The first-order valence-electron chi connectivity index (χ1n) is 8.88. The number of halogens is 1. The molecule has 1 N–H and O–H groups in total. The SMILES string of the molecule is O=C(Nc1ccc(Br)cc1)C1CCN(c2ccc(-c3cccs3)nn2)CC1. The number of amides is 1. The van der Waals surface area contributed by atoms with E-state index in [9.17, 15) is 4.79 Å². The molecule has 138 valence electrons. The Labute approximate surface area is 170 Å². The van der Waals surface area contributed by atoms with E-state index in [2.05, 4.69) is 36.3 Å². The first kappa shape index (κ1) is 18.1. The molecule has 0 aliphatic carbocycles. The lowest BCUT2D eigenvalue weighted by molar-refractivity contribution is -0.120. The Kier molecular flexibility index (Phi) is 5.50. The van der Waals surface area contributed by atoms with Crippen molar-refractivity contribution in [1.29, 1.82) is 0 Å². The van der Waals surface area contributed by atoms with Gasteiger partial charge in [0, 0.05) is 29.2 Å². The number of thiophene rings is 1. The molecule has 0 spiro atoms. The highest BCUT2D eigenvalue weighted by molar-refractivity contribution is 9.10. The predicted molar refractivity (Wildman–Crippen MR) is 113 cm³/mol. The molecule has 4 rings (SSSR count). The number of hydrogen-bond donors (Lipinski definition) is 1. The predicted octanol–water partition coefficient (Wildman–Crippen LogP) is 4.82. The summed E-state index contributed by atoms with van der Waals surface area (Å²) in [6.07, 6.45) is 1.63. The summed E-state index contributed by atoms with van der Waals surface area (Å²) < 4.78 is 1.00. The van der Waals surface area contributed by atoms with Gasteiger partial charge in [-0.2, -0.15) is 0 Å². The van der Waals surface area contributed by atoms with Crippen LogP contribution in [0.3, 0.4) is 0 Å². The quantitative estimate of drug-likeness (QED) is 0.628. The molecule has 0 bridgehead atoms. The van der Waals surface area contributed by atoms with Gasteiger partial charge in [0.05, 0.1) is 4.88 Å². The number of rotatable bonds is 4. The molecule has 0 radical (unpaired) electrons. The minimum absolute atomic E-state index is 0.0308. The van der Waals surface area contributed by atoms with Crippen LogP contribution in [0, 0.1) is 5.92 Å². The summed E-state index contributed by atoms with van der Waals surface area (Å²) in [5.41, 5.74) is 1.73. The first-order valence-corrected chi connectivity index (χ1v) is 10.6. The summed E-state index contributed by atoms with van der Waals surface area (Å²) in [5, 5.41) is 13.8. The molecule has 0 atom stereocenters. The van der Waals surface area contributed by atoms with E-state index >= 15 is 0 Å². The van der Waals surface area contributed by atoms with Gasteiger partial charge in [-0.3, -0.25) is 4.79 Å². The average Bonchev–Trinajstić information content (AvgIpc) is 3.25. The summed E-state index contributed by atoms with van der Waals surface area (Å²) in [6, 6.07) is 15.8. The van der Waals surface area contributed by atoms with Crippen LogP contribution in [0.15, 0.2) is 58.4 Å². The maximum absolute atomic E-state index is 12.5. The van der Waals surface area contributed by atoms with E-state index in [1.807, 2.05) is 53.9 Å². The minimum Gasteiger partial charge on any atom is -0.355 e. The van der Waals surface area contributed by atoms with Gasteiger partial charge in [0.2, 0.25) is 5.91 Å². The van der Waals surface area contributed by atoms with Gasteiger partial charge >= 0.3 is 0 Å². The van der Waals surface area contributed by atoms with Gasteiger partial charge in [0.1, 0.15) is 5.69 Å². The van der Waals surface area contributed by atoms with E-state index in [1.54, 1.807) is 11.3 Å². The molecule has 1 fully saturated rings. The number of nitrogens with zero attached hydrogens (tertiary/aromatic N) is 3. The Balaban J connectivity index is 1.33. The van der Waals surface area contributed by atoms with Crippen molar-refractivity contribution in [2.45, 2.75) is 12.8 Å². The van der Waals surface area contributed by atoms with Crippen LogP contribution in [-0.4, -0.2) is 29.2 Å². The van der Waals surface area contributed by atoms with Crippen molar-refractivity contribution in [2.75, 3.05) is 23.3 Å². The second-order valence-electron chi connectivity index (χ2n) is 6.51. The number of benzene rings is 1. The number of nitrogens with one attached hydrogen (secondary N) is 1. The molecule has 1 amide bonds. The highest BCUT2D eigenvalue weighted by atomic mass is 79.9. The molecule has 7 heteroatoms. The molecule has 0 saturated carbocycles. The maximum Gasteiger partial charge on any atom is 0.227 e. The zero-order valence-electron chi connectivity index (χ0n) is 14.6. The summed E-state index contributed by atoms with van der Waals surface area (Å²) in [6.45, 7) is 1.62. The lowest BCUT2D eigenvalue weighted by Crippen LogP contribution is -2.38. The third-order valence-electron chi connectivity index (χ3n) is 4.73. The Hall–Kier alpha value is -2.25. The normalized spacial score (nSPS) is 14.9. The topological polar surface area (TPSA) is 58.1 Å². The molecule has 1 aliphatic heterocycles. The Bertz CT molecular complexity index is 889. The van der Waals surface area contributed by atoms with Crippen LogP contribution in [0.1, 0.15) is 12.8 Å². The first-order chi connectivity index (χ1) is 13.2. The fourth-order valence-corrected chi connectivity index (χ4v) is 4.15. The van der Waals surface area contributed by atoms with Crippen molar-refractivity contribution in [3.8, 4) is 10.6 Å². The van der Waals surface area contributed by atoms with Crippen molar-refractivity contribution < 1.29 is 4.79 Å². The number of hydrogen-bond acceptors (Lipinski definition) is 5. The minimum atomic E-state index is 0.0308. The van der Waals surface area contributed by atoms with Gasteiger partial charge in [0.15, 0.2) is 5.82 Å². The van der Waals surface area contributed by atoms with E-state index in [4.69, 9.17) is 0 Å². The average molecular weight is 443 g/mol. The number of anilines is 2. The number of piperidine rings is 1. The van der Waals surface area contributed by atoms with E-state index in [-0.39, 0.29) is 11.8 Å². The molecular weight excluding hydrogens is 424 g/mol. The standard InChI is InChI=1S/C20H19BrN4OS/c21-15-3-5-16(6-4-15)22-20(26)14-9-11-25(12-10-14)19-8-7-17(23-24-19)18-2-1-13-27-18/h1-8,13-14H,9-12H2,(H,22,26). The van der Waals surface area contributed by atoms with E-state index in [1.165, 1.54) is 0 Å². The molecule has 2 aromatic heterocycles. The summed E-state index contributed by atoms with van der Waals surface area (Å²) in [4.78, 5) is 15.8. The molecule has 1 aliphatic rings. The monoisotopic (exact) mass is 442 g/mol. The Morgan fingerprint density at radius 2 is 1.85 bits per heavy atom. The fourth-order valence-electron chi connectivity index (χ4n) is 3.20. The zero-order chi connectivity index (χ0) is 18.6. The molecule has 0 unspecified atom stereocenters. The molecule has 27 heavy (non-hydrogen) atoms. The number of carbonyl (C=O) groups excluding carboxylic acids is 1. The largest absolute Gasteiger partial charge is 0.355 e. The van der Waals surface area contributed by atoms with Crippen molar-refractivity contribution in [3.63, 3.8) is 0 Å². The van der Waals surface area contributed by atoms with E-state index in [0.29, 0.717) is 0 Å². The van der Waals surface area contributed by atoms with Crippen LogP contribution in [-0.2, 0) is 4.79 Å². The maximum atomic E-state index is 12.5. The summed E-state index contributed by atoms with van der Waals surface area (Å²) in [7, 11) is 0. The Morgan fingerprint density at radius 3 is 2.48 bits per heavy atom. The van der Waals surface area contributed by atoms with Gasteiger partial charge in [0.25, 0.3) is 0 Å². The van der Waals surface area contributed by atoms with E-state index in [0.717, 1.165) is 52.5 Å².